The van der Waals surface area contributed by atoms with Crippen molar-refractivity contribution >= 4 is 6.09 Å². The maximum absolute atomic E-state index is 10.8. The van der Waals surface area contributed by atoms with Crippen LogP contribution in [0.4, 0.5) is 4.79 Å². The van der Waals surface area contributed by atoms with Crippen LogP contribution in [0.3, 0.4) is 0 Å². The van der Waals surface area contributed by atoms with E-state index < -0.39 is 12.2 Å². The molecule has 86 valence electrons. The number of hydrogen-bond donors (Lipinski definition) is 2. The van der Waals surface area contributed by atoms with E-state index in [1.54, 1.807) is 0 Å². The minimum Gasteiger partial charge on any atom is -0.465 e. The number of benzene rings is 1. The van der Waals surface area contributed by atoms with Gasteiger partial charge in [-0.05, 0) is 18.4 Å². The smallest absolute Gasteiger partial charge is 0.407 e. The highest BCUT2D eigenvalue weighted by atomic mass is 16.4. The Morgan fingerprint density at radius 1 is 1.44 bits per heavy atom. The van der Waals surface area contributed by atoms with Crippen molar-refractivity contribution in [3.8, 4) is 0 Å². The molecule has 1 aliphatic rings. The molecular weight excluding hydrogens is 206 g/mol. The van der Waals surface area contributed by atoms with Crippen molar-refractivity contribution in [1.82, 2.24) is 4.90 Å². The molecule has 0 bridgehead atoms. The highest BCUT2D eigenvalue weighted by molar-refractivity contribution is 5.66. The van der Waals surface area contributed by atoms with Crippen LogP contribution in [-0.4, -0.2) is 33.8 Å². The molecule has 1 aromatic rings. The molecule has 4 nitrogen and oxygen atoms in total. The van der Waals surface area contributed by atoms with Crippen molar-refractivity contribution in [3.05, 3.63) is 35.9 Å². The van der Waals surface area contributed by atoms with Crippen LogP contribution in [0, 0.1) is 0 Å². The Bertz CT molecular complexity index is 366. The first-order valence-electron chi connectivity index (χ1n) is 5.41. The summed E-state index contributed by atoms with van der Waals surface area (Å²) < 4.78 is 0. The van der Waals surface area contributed by atoms with E-state index in [0.29, 0.717) is 13.0 Å². The second kappa shape index (κ2) is 4.53. The summed E-state index contributed by atoms with van der Waals surface area (Å²) in [4.78, 5) is 12.1. The van der Waals surface area contributed by atoms with Crippen molar-refractivity contribution in [1.29, 1.82) is 0 Å². The van der Waals surface area contributed by atoms with E-state index in [9.17, 15) is 9.90 Å². The summed E-state index contributed by atoms with van der Waals surface area (Å²) in [6.45, 7) is 0.585. The third-order valence-electron chi connectivity index (χ3n) is 3.07. The number of nitrogens with zero attached hydrogens (tertiary/aromatic N) is 1. The van der Waals surface area contributed by atoms with Gasteiger partial charge in [-0.1, -0.05) is 30.3 Å². The maximum Gasteiger partial charge on any atom is 0.407 e. The molecule has 1 amide bonds. The second-order valence-electron chi connectivity index (χ2n) is 4.08. The number of carboxylic acid groups (broad SMARTS) is 1. The Kier molecular flexibility index (Phi) is 3.10. The Morgan fingerprint density at radius 2 is 2.12 bits per heavy atom. The molecule has 0 radical (unpaired) electrons. The molecule has 0 saturated carbocycles. The molecule has 2 N–H and O–H groups in total. The van der Waals surface area contributed by atoms with Gasteiger partial charge in [0.2, 0.25) is 0 Å². The lowest BCUT2D eigenvalue weighted by atomic mass is 9.94. The number of amides is 1. The van der Waals surface area contributed by atoms with Crippen LogP contribution in [0.25, 0.3) is 0 Å². The van der Waals surface area contributed by atoms with Crippen molar-refractivity contribution in [3.63, 3.8) is 0 Å². The molecule has 2 rings (SSSR count). The zero-order valence-corrected chi connectivity index (χ0v) is 8.91. The van der Waals surface area contributed by atoms with E-state index >= 15 is 0 Å². The number of likely N-dealkylation sites (tertiary alicyclic amines) is 1. The highest BCUT2D eigenvalue weighted by Gasteiger charge is 2.33. The molecule has 2 atom stereocenters. The molecule has 1 heterocycles. The van der Waals surface area contributed by atoms with Crippen molar-refractivity contribution in [2.45, 2.75) is 25.0 Å². The SMILES string of the molecule is O=C(O)N1CC[C@H]1C[C@H](O)c1ccccc1. The summed E-state index contributed by atoms with van der Waals surface area (Å²) in [6.07, 6.45) is -0.142. The Hall–Kier alpha value is -1.55. The van der Waals surface area contributed by atoms with Gasteiger partial charge in [0.05, 0.1) is 6.10 Å². The van der Waals surface area contributed by atoms with Crippen LogP contribution in [-0.2, 0) is 0 Å². The molecule has 0 aliphatic carbocycles. The van der Waals surface area contributed by atoms with Crippen LogP contribution in [0.2, 0.25) is 0 Å². The van der Waals surface area contributed by atoms with Gasteiger partial charge in [0, 0.05) is 12.6 Å². The molecule has 1 fully saturated rings. The van der Waals surface area contributed by atoms with Gasteiger partial charge in [-0.15, -0.1) is 0 Å². The third kappa shape index (κ3) is 2.17. The van der Waals surface area contributed by atoms with Gasteiger partial charge in [0.1, 0.15) is 0 Å². The summed E-state index contributed by atoms with van der Waals surface area (Å²) in [5.74, 6) is 0. The number of rotatable bonds is 3. The van der Waals surface area contributed by atoms with Crippen molar-refractivity contribution in [2.75, 3.05) is 6.54 Å². The van der Waals surface area contributed by atoms with Crippen molar-refractivity contribution in [2.24, 2.45) is 0 Å². The number of hydrogen-bond acceptors (Lipinski definition) is 2. The zero-order valence-electron chi connectivity index (χ0n) is 8.91. The molecule has 4 heteroatoms. The van der Waals surface area contributed by atoms with Crippen molar-refractivity contribution < 1.29 is 15.0 Å². The molecule has 0 aromatic heterocycles. The van der Waals surface area contributed by atoms with Gasteiger partial charge >= 0.3 is 6.09 Å². The van der Waals surface area contributed by atoms with Crippen LogP contribution in [0.1, 0.15) is 24.5 Å². The van der Waals surface area contributed by atoms with Gasteiger partial charge in [0.25, 0.3) is 0 Å². The minimum absolute atomic E-state index is 0.0345. The van der Waals surface area contributed by atoms with E-state index in [4.69, 9.17) is 5.11 Å². The van der Waals surface area contributed by atoms with E-state index in [1.165, 1.54) is 4.90 Å². The number of aliphatic hydroxyl groups excluding tert-OH is 1. The van der Waals surface area contributed by atoms with Gasteiger partial charge in [0.15, 0.2) is 0 Å². The third-order valence-corrected chi connectivity index (χ3v) is 3.07. The quantitative estimate of drug-likeness (QED) is 0.819. The lowest BCUT2D eigenvalue weighted by molar-refractivity contribution is 0.0415. The van der Waals surface area contributed by atoms with E-state index in [2.05, 4.69) is 0 Å². The standard InChI is InChI=1S/C12H15NO3/c14-11(9-4-2-1-3-5-9)8-10-6-7-13(10)12(15)16/h1-5,10-11,14H,6-8H2,(H,15,16)/t10-,11-/m0/s1. The monoisotopic (exact) mass is 221 g/mol. The predicted molar refractivity (Wildman–Crippen MR) is 59.2 cm³/mol. The summed E-state index contributed by atoms with van der Waals surface area (Å²) in [6, 6.07) is 9.31. The molecule has 1 saturated heterocycles. The van der Waals surface area contributed by atoms with Gasteiger partial charge in [-0.3, -0.25) is 0 Å². The van der Waals surface area contributed by atoms with Crippen LogP contribution >= 0.6 is 0 Å². The fourth-order valence-electron chi connectivity index (χ4n) is 2.01. The number of carbonyl (C=O) groups is 1. The lowest BCUT2D eigenvalue weighted by Crippen LogP contribution is -2.51. The molecule has 0 unspecified atom stereocenters. The molecule has 16 heavy (non-hydrogen) atoms. The van der Waals surface area contributed by atoms with Crippen LogP contribution in [0.5, 0.6) is 0 Å². The first-order valence-corrected chi connectivity index (χ1v) is 5.41. The van der Waals surface area contributed by atoms with Gasteiger partial charge in [-0.25, -0.2) is 4.79 Å². The Labute approximate surface area is 94.1 Å². The fourth-order valence-corrected chi connectivity index (χ4v) is 2.01. The summed E-state index contributed by atoms with van der Waals surface area (Å²) in [5, 5.41) is 18.8. The van der Waals surface area contributed by atoms with E-state index in [1.807, 2.05) is 30.3 Å². The zero-order chi connectivity index (χ0) is 11.5. The molecule has 1 aromatic carbocycles. The topological polar surface area (TPSA) is 60.8 Å². The van der Waals surface area contributed by atoms with E-state index in [-0.39, 0.29) is 6.04 Å². The Balaban J connectivity index is 1.93. The van der Waals surface area contributed by atoms with Gasteiger partial charge < -0.3 is 15.1 Å². The average molecular weight is 221 g/mol. The van der Waals surface area contributed by atoms with Gasteiger partial charge in [-0.2, -0.15) is 0 Å². The normalized spacial score (nSPS) is 21.3. The highest BCUT2D eigenvalue weighted by Crippen LogP contribution is 2.27. The first kappa shape index (κ1) is 11.0. The van der Waals surface area contributed by atoms with Crippen LogP contribution in [0.15, 0.2) is 30.3 Å². The van der Waals surface area contributed by atoms with E-state index in [0.717, 1.165) is 12.0 Å². The molecule has 0 spiro atoms. The maximum atomic E-state index is 10.8. The average Bonchev–Trinajstić information content (AvgIpc) is 2.24. The molecular formula is C12H15NO3. The lowest BCUT2D eigenvalue weighted by Gasteiger charge is -2.39. The Morgan fingerprint density at radius 3 is 2.62 bits per heavy atom. The second-order valence-corrected chi connectivity index (χ2v) is 4.08. The summed E-state index contributed by atoms with van der Waals surface area (Å²) in [5.41, 5.74) is 0.847. The summed E-state index contributed by atoms with van der Waals surface area (Å²) in [7, 11) is 0. The largest absolute Gasteiger partial charge is 0.465 e. The van der Waals surface area contributed by atoms with Crippen LogP contribution < -0.4 is 0 Å². The predicted octanol–water partition coefficient (Wildman–Crippen LogP) is 1.86. The number of aliphatic hydroxyl groups is 1. The summed E-state index contributed by atoms with van der Waals surface area (Å²) >= 11 is 0. The first-order chi connectivity index (χ1) is 7.68. The molecule has 1 aliphatic heterocycles. The minimum atomic E-state index is -0.892. The fraction of sp³-hybridized carbons (Fsp3) is 0.417.